The Kier molecular flexibility index (Phi) is 4.98. The van der Waals surface area contributed by atoms with Crippen LogP contribution >= 0.6 is 11.6 Å². The molecule has 0 saturated carbocycles. The fourth-order valence-corrected chi connectivity index (χ4v) is 4.18. The van der Waals surface area contributed by atoms with Crippen molar-refractivity contribution in [2.45, 2.75) is 4.90 Å². The molecule has 0 unspecified atom stereocenters. The molecule has 2 aromatic rings. The summed E-state index contributed by atoms with van der Waals surface area (Å²) < 4.78 is 39.7. The Hall–Kier alpha value is -2.10. The van der Waals surface area contributed by atoms with E-state index in [4.69, 9.17) is 11.6 Å². The maximum absolute atomic E-state index is 13.2. The summed E-state index contributed by atoms with van der Waals surface area (Å²) in [6.45, 7) is 0.708. The summed E-state index contributed by atoms with van der Waals surface area (Å²) in [6.07, 6.45) is 4.26. The zero-order chi connectivity index (χ0) is 18.0. The molecule has 7 nitrogen and oxygen atoms in total. The van der Waals surface area contributed by atoms with E-state index in [-0.39, 0.29) is 47.7 Å². The Balaban J connectivity index is 1.71. The average molecular weight is 385 g/mol. The Morgan fingerprint density at radius 2 is 1.88 bits per heavy atom. The van der Waals surface area contributed by atoms with Gasteiger partial charge in [0.25, 0.3) is 5.91 Å². The highest BCUT2D eigenvalue weighted by Gasteiger charge is 2.31. The fraction of sp³-hybridized carbons (Fsp3) is 0.267. The number of sulfonamides is 1. The Labute approximate surface area is 149 Å². The smallest absolute Gasteiger partial charge is 0.274 e. The van der Waals surface area contributed by atoms with Crippen molar-refractivity contribution >= 4 is 27.5 Å². The van der Waals surface area contributed by atoms with Gasteiger partial charge < -0.3 is 4.90 Å². The number of carbonyl (C=O) groups is 1. The van der Waals surface area contributed by atoms with Crippen molar-refractivity contribution in [3.05, 3.63) is 53.3 Å². The molecule has 0 bridgehead atoms. The summed E-state index contributed by atoms with van der Waals surface area (Å²) >= 11 is 5.67. The second-order valence-corrected chi connectivity index (χ2v) is 7.71. The molecule has 3 rings (SSSR count). The van der Waals surface area contributed by atoms with E-state index < -0.39 is 15.8 Å². The van der Waals surface area contributed by atoms with E-state index in [1.807, 2.05) is 0 Å². The summed E-state index contributed by atoms with van der Waals surface area (Å²) in [5, 5.41) is -0.252. The molecular weight excluding hydrogens is 371 g/mol. The third-order valence-corrected chi connectivity index (χ3v) is 6.02. The van der Waals surface area contributed by atoms with Crippen LogP contribution in [0.3, 0.4) is 0 Å². The van der Waals surface area contributed by atoms with E-state index in [0.717, 1.165) is 12.1 Å². The maximum atomic E-state index is 13.2. The Morgan fingerprint density at radius 3 is 2.48 bits per heavy atom. The zero-order valence-electron chi connectivity index (χ0n) is 13.0. The molecule has 0 atom stereocenters. The van der Waals surface area contributed by atoms with E-state index >= 15 is 0 Å². The SMILES string of the molecule is O=C(c1cnccn1)N1CCN(S(=O)(=O)c2ccc(F)c(Cl)c2)CC1. The van der Waals surface area contributed by atoms with Gasteiger partial charge in [-0.15, -0.1) is 0 Å². The van der Waals surface area contributed by atoms with Crippen LogP contribution in [0, 0.1) is 5.82 Å². The molecule has 25 heavy (non-hydrogen) atoms. The van der Waals surface area contributed by atoms with Crippen molar-refractivity contribution in [2.24, 2.45) is 0 Å². The van der Waals surface area contributed by atoms with E-state index in [0.29, 0.717) is 0 Å². The lowest BCUT2D eigenvalue weighted by Crippen LogP contribution is -2.50. The molecule has 1 saturated heterocycles. The third kappa shape index (κ3) is 3.63. The van der Waals surface area contributed by atoms with Gasteiger partial charge in [-0.2, -0.15) is 4.31 Å². The highest BCUT2D eigenvalue weighted by atomic mass is 35.5. The summed E-state index contributed by atoms with van der Waals surface area (Å²) in [5.74, 6) is -0.977. The molecule has 2 heterocycles. The molecule has 1 aliphatic rings. The van der Waals surface area contributed by atoms with Crippen LogP contribution in [0.15, 0.2) is 41.7 Å². The van der Waals surface area contributed by atoms with Gasteiger partial charge in [-0.25, -0.2) is 17.8 Å². The molecule has 0 radical (unpaired) electrons. The second kappa shape index (κ2) is 7.03. The van der Waals surface area contributed by atoms with Crippen molar-refractivity contribution in [3.63, 3.8) is 0 Å². The van der Waals surface area contributed by atoms with Crippen molar-refractivity contribution < 1.29 is 17.6 Å². The molecule has 1 aromatic carbocycles. The summed E-state index contributed by atoms with van der Waals surface area (Å²) in [7, 11) is -3.80. The monoisotopic (exact) mass is 384 g/mol. The minimum absolute atomic E-state index is 0.0763. The molecular formula is C15H14ClFN4O3S. The number of hydrogen-bond acceptors (Lipinski definition) is 5. The number of aromatic nitrogens is 2. The lowest BCUT2D eigenvalue weighted by Gasteiger charge is -2.33. The number of carbonyl (C=O) groups excluding carboxylic acids is 1. The molecule has 0 spiro atoms. The predicted molar refractivity (Wildman–Crippen MR) is 88.1 cm³/mol. The molecule has 1 amide bonds. The summed E-state index contributed by atoms with van der Waals surface area (Å²) in [5.41, 5.74) is 0.212. The number of hydrogen-bond donors (Lipinski definition) is 0. The average Bonchev–Trinajstić information content (AvgIpc) is 2.64. The number of benzene rings is 1. The maximum Gasteiger partial charge on any atom is 0.274 e. The second-order valence-electron chi connectivity index (χ2n) is 5.36. The first-order valence-electron chi connectivity index (χ1n) is 7.40. The largest absolute Gasteiger partial charge is 0.335 e. The number of piperazine rings is 1. The number of amides is 1. The number of rotatable bonds is 3. The van der Waals surface area contributed by atoms with Crippen molar-refractivity contribution in [1.29, 1.82) is 0 Å². The van der Waals surface area contributed by atoms with Crippen LogP contribution in [0.1, 0.15) is 10.5 Å². The van der Waals surface area contributed by atoms with Crippen LogP contribution in [0.5, 0.6) is 0 Å². The molecule has 132 valence electrons. The first-order valence-corrected chi connectivity index (χ1v) is 9.22. The van der Waals surface area contributed by atoms with Crippen LogP contribution < -0.4 is 0 Å². The first kappa shape index (κ1) is 17.7. The van der Waals surface area contributed by atoms with E-state index in [2.05, 4.69) is 9.97 Å². The highest BCUT2D eigenvalue weighted by Crippen LogP contribution is 2.23. The van der Waals surface area contributed by atoms with Gasteiger partial charge in [-0.05, 0) is 18.2 Å². The quantitative estimate of drug-likeness (QED) is 0.799. The van der Waals surface area contributed by atoms with Crippen LogP contribution in [-0.4, -0.2) is 59.7 Å². The minimum Gasteiger partial charge on any atom is -0.335 e. The third-order valence-electron chi connectivity index (χ3n) is 3.84. The summed E-state index contributed by atoms with van der Waals surface area (Å²) in [6, 6.07) is 3.28. The highest BCUT2D eigenvalue weighted by molar-refractivity contribution is 7.89. The topological polar surface area (TPSA) is 83.5 Å². The Bertz CT molecular complexity index is 887. The fourth-order valence-electron chi connectivity index (χ4n) is 2.49. The van der Waals surface area contributed by atoms with Crippen LogP contribution in [0.25, 0.3) is 0 Å². The first-order chi connectivity index (χ1) is 11.9. The van der Waals surface area contributed by atoms with Crippen molar-refractivity contribution in [2.75, 3.05) is 26.2 Å². The van der Waals surface area contributed by atoms with Crippen molar-refractivity contribution in [1.82, 2.24) is 19.2 Å². The van der Waals surface area contributed by atoms with Crippen LogP contribution in [-0.2, 0) is 10.0 Å². The normalized spacial score (nSPS) is 16.0. The van der Waals surface area contributed by atoms with Gasteiger partial charge in [0.1, 0.15) is 11.5 Å². The molecule has 10 heteroatoms. The van der Waals surface area contributed by atoms with Crippen LogP contribution in [0.2, 0.25) is 5.02 Å². The molecule has 0 aliphatic carbocycles. The standard InChI is InChI=1S/C15H14ClFN4O3S/c16-12-9-11(1-2-13(12)17)25(23,24)21-7-5-20(6-8-21)15(22)14-10-18-3-4-19-14/h1-4,9-10H,5-8H2. The van der Waals surface area contributed by atoms with E-state index in [9.17, 15) is 17.6 Å². The van der Waals surface area contributed by atoms with Gasteiger partial charge in [-0.3, -0.25) is 9.78 Å². The minimum atomic E-state index is -3.80. The molecule has 1 aliphatic heterocycles. The Morgan fingerprint density at radius 1 is 1.16 bits per heavy atom. The molecule has 1 aromatic heterocycles. The van der Waals surface area contributed by atoms with Gasteiger partial charge in [0, 0.05) is 38.6 Å². The lowest BCUT2D eigenvalue weighted by atomic mass is 10.3. The van der Waals surface area contributed by atoms with Gasteiger partial charge in [0.15, 0.2) is 0 Å². The van der Waals surface area contributed by atoms with E-state index in [1.165, 1.54) is 33.9 Å². The van der Waals surface area contributed by atoms with Crippen molar-refractivity contribution in [3.8, 4) is 0 Å². The predicted octanol–water partition coefficient (Wildman–Crippen LogP) is 1.42. The summed E-state index contributed by atoms with van der Waals surface area (Å²) in [4.78, 5) is 21.6. The van der Waals surface area contributed by atoms with Gasteiger partial charge in [-0.1, -0.05) is 11.6 Å². The van der Waals surface area contributed by atoms with Gasteiger partial charge >= 0.3 is 0 Å². The van der Waals surface area contributed by atoms with Gasteiger partial charge in [0.05, 0.1) is 16.1 Å². The molecule has 1 fully saturated rings. The molecule has 0 N–H and O–H groups in total. The van der Waals surface area contributed by atoms with E-state index in [1.54, 1.807) is 0 Å². The van der Waals surface area contributed by atoms with Gasteiger partial charge in [0.2, 0.25) is 10.0 Å². The number of nitrogens with zero attached hydrogens (tertiary/aromatic N) is 4. The number of halogens is 2. The lowest BCUT2D eigenvalue weighted by molar-refractivity contribution is 0.0691. The van der Waals surface area contributed by atoms with Crippen LogP contribution in [0.4, 0.5) is 4.39 Å². The zero-order valence-corrected chi connectivity index (χ0v) is 14.5.